The number of benzene rings is 4. The summed E-state index contributed by atoms with van der Waals surface area (Å²) in [7, 11) is 0. The van der Waals surface area contributed by atoms with Crippen molar-refractivity contribution < 1.29 is 8.78 Å². The number of nitrogens with zero attached hydrogens (tertiary/aromatic N) is 3. The van der Waals surface area contributed by atoms with Crippen LogP contribution in [-0.4, -0.2) is 15.0 Å². The first-order valence-corrected chi connectivity index (χ1v) is 13.5. The third kappa shape index (κ3) is 3.80. The second-order valence-electron chi connectivity index (χ2n) is 10.3. The highest BCUT2D eigenvalue weighted by Gasteiger charge is 2.54. The molecule has 198 valence electrons. The topological polar surface area (TPSA) is 38.7 Å². The van der Waals surface area contributed by atoms with Crippen LogP contribution in [-0.2, 0) is 11.1 Å². The molecule has 5 heteroatoms. The number of rotatable bonds is 3. The molecule has 1 aromatic heterocycles. The molecule has 0 amide bonds. The number of halogens is 2. The summed E-state index contributed by atoms with van der Waals surface area (Å²) in [5.41, 5.74) is 1.86. The van der Waals surface area contributed by atoms with Crippen molar-refractivity contribution in [3.8, 4) is 22.8 Å². The van der Waals surface area contributed by atoms with Crippen molar-refractivity contribution in [3.63, 3.8) is 0 Å². The maximum absolute atomic E-state index is 17.4. The minimum atomic E-state index is -1.76. The van der Waals surface area contributed by atoms with Crippen LogP contribution in [0.3, 0.4) is 0 Å². The first-order valence-electron chi connectivity index (χ1n) is 13.5. The van der Waals surface area contributed by atoms with E-state index in [0.29, 0.717) is 39.7 Å². The fourth-order valence-electron chi connectivity index (χ4n) is 6.15. The molecule has 0 saturated heterocycles. The quantitative estimate of drug-likeness (QED) is 0.232. The Bertz CT molecular complexity index is 1810. The monoisotopic (exact) mass is 537 g/mol. The molecule has 7 rings (SSSR count). The maximum atomic E-state index is 17.4. The Kier molecular flexibility index (Phi) is 5.82. The zero-order chi connectivity index (χ0) is 28.0. The molecule has 0 radical (unpaired) electrons. The predicted molar refractivity (Wildman–Crippen MR) is 157 cm³/mol. The number of alkyl halides is 1. The summed E-state index contributed by atoms with van der Waals surface area (Å²) in [5, 5.41) is 0. The molecule has 0 spiro atoms. The molecule has 2 aliphatic rings. The molecule has 5 aromatic rings. The van der Waals surface area contributed by atoms with E-state index in [1.165, 1.54) is 12.1 Å². The van der Waals surface area contributed by atoms with Gasteiger partial charge in [-0.1, -0.05) is 110 Å². The molecule has 41 heavy (non-hydrogen) atoms. The van der Waals surface area contributed by atoms with Gasteiger partial charge >= 0.3 is 0 Å². The van der Waals surface area contributed by atoms with Gasteiger partial charge in [0, 0.05) is 17.5 Å². The van der Waals surface area contributed by atoms with Gasteiger partial charge in [0.1, 0.15) is 11.2 Å². The fraction of sp³-hybridized carbons (Fsp3) is 0.0833. The molecule has 0 unspecified atom stereocenters. The summed E-state index contributed by atoms with van der Waals surface area (Å²) >= 11 is 0. The van der Waals surface area contributed by atoms with E-state index in [1.54, 1.807) is 12.1 Å². The first kappa shape index (κ1) is 25.0. The molecule has 3 nitrogen and oxygen atoms in total. The number of hydrogen-bond acceptors (Lipinski definition) is 3. The van der Waals surface area contributed by atoms with Gasteiger partial charge in [-0.2, -0.15) is 0 Å². The van der Waals surface area contributed by atoms with E-state index in [0.717, 1.165) is 16.7 Å². The van der Waals surface area contributed by atoms with Gasteiger partial charge in [0.25, 0.3) is 0 Å². The van der Waals surface area contributed by atoms with Crippen molar-refractivity contribution in [1.29, 1.82) is 0 Å². The Morgan fingerprint density at radius 1 is 0.610 bits per heavy atom. The molecular weight excluding hydrogens is 512 g/mol. The van der Waals surface area contributed by atoms with Crippen molar-refractivity contribution in [2.24, 2.45) is 0 Å². The Labute approximate surface area is 237 Å². The fourth-order valence-corrected chi connectivity index (χ4v) is 6.15. The summed E-state index contributed by atoms with van der Waals surface area (Å²) in [6.07, 6.45) is 7.74. The average Bonchev–Trinajstić information content (AvgIpc) is 3.02. The number of allylic oxidation sites excluding steroid dienone is 5. The van der Waals surface area contributed by atoms with Gasteiger partial charge in [0.15, 0.2) is 23.1 Å². The van der Waals surface area contributed by atoms with Gasteiger partial charge in [-0.25, -0.2) is 23.7 Å². The van der Waals surface area contributed by atoms with Crippen LogP contribution in [0, 0.1) is 5.82 Å². The van der Waals surface area contributed by atoms with Gasteiger partial charge in [-0.3, -0.25) is 0 Å². The van der Waals surface area contributed by atoms with Crippen LogP contribution in [0.2, 0.25) is 0 Å². The molecule has 0 atom stereocenters. The number of aromatic nitrogens is 3. The van der Waals surface area contributed by atoms with Crippen LogP contribution < -0.4 is 0 Å². The smallest absolute Gasteiger partial charge is 0.165 e. The van der Waals surface area contributed by atoms with Gasteiger partial charge in [-0.15, -0.1) is 0 Å². The highest BCUT2D eigenvalue weighted by atomic mass is 19.1. The van der Waals surface area contributed by atoms with Crippen LogP contribution in [0.15, 0.2) is 140 Å². The first-order chi connectivity index (χ1) is 20.0. The SMILES string of the molecule is C=C1/C=C\C=C/CC2(F)c3ccccc3C1(c1nc(-c3ccccc3)nc(-c3ccc(F)cc3)n1)c1ccccc12. The van der Waals surface area contributed by atoms with E-state index >= 15 is 4.39 Å². The standard InChI is InChI=1S/C36H25F2N3/c1-24-12-4-3-11-23-35(38)28-15-7-9-17-30(28)36(24,31-18-10-8-16-29(31)35)34-40-32(25-13-5-2-6-14-25)39-33(41-34)26-19-21-27(37)22-20-26/h2-22H,1,23H2/b11-3-,12-4-. The minimum absolute atomic E-state index is 0.182. The Balaban J connectivity index is 1.63. The lowest BCUT2D eigenvalue weighted by atomic mass is 9.58. The lowest BCUT2D eigenvalue weighted by molar-refractivity contribution is 0.213. The minimum Gasteiger partial charge on any atom is -0.233 e. The van der Waals surface area contributed by atoms with Crippen LogP contribution in [0.4, 0.5) is 8.78 Å². The lowest BCUT2D eigenvalue weighted by Crippen LogP contribution is -2.43. The van der Waals surface area contributed by atoms with Crippen molar-refractivity contribution in [2.75, 3.05) is 0 Å². The van der Waals surface area contributed by atoms with E-state index in [-0.39, 0.29) is 12.2 Å². The highest BCUT2D eigenvalue weighted by molar-refractivity contribution is 5.70. The summed E-state index contributed by atoms with van der Waals surface area (Å²) in [4.78, 5) is 15.0. The lowest BCUT2D eigenvalue weighted by Gasteiger charge is -2.46. The predicted octanol–water partition coefficient (Wildman–Crippen LogP) is 8.28. The second-order valence-corrected chi connectivity index (χ2v) is 10.3. The summed E-state index contributed by atoms with van der Waals surface area (Å²) < 4.78 is 31.3. The van der Waals surface area contributed by atoms with E-state index in [1.807, 2.05) is 103 Å². The normalized spacial score (nSPS) is 22.4. The molecule has 2 bridgehead atoms. The summed E-state index contributed by atoms with van der Waals surface area (Å²) in [6, 6.07) is 30.9. The number of fused-ring (bicyclic) bond motifs is 3. The Hall–Kier alpha value is -5.03. The van der Waals surface area contributed by atoms with Gasteiger partial charge < -0.3 is 0 Å². The van der Waals surface area contributed by atoms with E-state index in [9.17, 15) is 4.39 Å². The van der Waals surface area contributed by atoms with Crippen molar-refractivity contribution in [1.82, 2.24) is 15.0 Å². The molecule has 0 saturated carbocycles. The van der Waals surface area contributed by atoms with E-state index in [2.05, 4.69) is 6.58 Å². The molecule has 2 aliphatic carbocycles. The molecule has 1 heterocycles. The van der Waals surface area contributed by atoms with Gasteiger partial charge in [-0.05, 0) is 52.1 Å². The Morgan fingerprint density at radius 3 is 1.76 bits per heavy atom. The van der Waals surface area contributed by atoms with Gasteiger partial charge in [0.2, 0.25) is 0 Å². The molecule has 0 N–H and O–H groups in total. The highest BCUT2D eigenvalue weighted by Crippen LogP contribution is 2.57. The number of hydrogen-bond donors (Lipinski definition) is 0. The zero-order valence-corrected chi connectivity index (χ0v) is 22.1. The van der Waals surface area contributed by atoms with Crippen LogP contribution in [0.1, 0.15) is 34.5 Å². The summed E-state index contributed by atoms with van der Waals surface area (Å²) in [6.45, 7) is 4.56. The third-order valence-corrected chi connectivity index (χ3v) is 8.05. The van der Waals surface area contributed by atoms with Gasteiger partial charge in [0.05, 0.1) is 0 Å². The summed E-state index contributed by atoms with van der Waals surface area (Å²) in [5.74, 6) is 0.930. The van der Waals surface area contributed by atoms with Crippen molar-refractivity contribution >= 4 is 0 Å². The van der Waals surface area contributed by atoms with E-state index < -0.39 is 11.1 Å². The zero-order valence-electron chi connectivity index (χ0n) is 22.1. The molecule has 0 fully saturated rings. The molecular formula is C36H25F2N3. The van der Waals surface area contributed by atoms with Crippen molar-refractivity contribution in [3.05, 3.63) is 173 Å². The molecule has 0 aliphatic heterocycles. The van der Waals surface area contributed by atoms with Crippen molar-refractivity contribution in [2.45, 2.75) is 17.5 Å². The molecule has 4 aromatic carbocycles. The largest absolute Gasteiger partial charge is 0.233 e. The van der Waals surface area contributed by atoms with Crippen LogP contribution in [0.5, 0.6) is 0 Å². The Morgan fingerprint density at radius 2 is 1.15 bits per heavy atom. The average molecular weight is 538 g/mol. The maximum Gasteiger partial charge on any atom is 0.165 e. The van der Waals surface area contributed by atoms with Crippen LogP contribution >= 0.6 is 0 Å². The van der Waals surface area contributed by atoms with E-state index in [4.69, 9.17) is 15.0 Å². The third-order valence-electron chi connectivity index (χ3n) is 8.05. The van der Waals surface area contributed by atoms with Crippen LogP contribution in [0.25, 0.3) is 22.8 Å². The second kappa shape index (κ2) is 9.56.